The maximum absolute atomic E-state index is 10.5. The van der Waals surface area contributed by atoms with E-state index in [4.69, 9.17) is 4.74 Å². The van der Waals surface area contributed by atoms with Crippen molar-refractivity contribution in [3.8, 4) is 0 Å². The Kier molecular flexibility index (Phi) is 3.77. The van der Waals surface area contributed by atoms with Gasteiger partial charge >= 0.3 is 0 Å². The van der Waals surface area contributed by atoms with Gasteiger partial charge < -0.3 is 4.74 Å². The van der Waals surface area contributed by atoms with Gasteiger partial charge in [0.05, 0.1) is 12.1 Å². The second-order valence-electron chi connectivity index (χ2n) is 4.33. The highest BCUT2D eigenvalue weighted by atomic mass is 79.9. The molecule has 0 saturated heterocycles. The molecule has 0 heterocycles. The molecule has 0 atom stereocenters. The molecule has 0 spiro atoms. The summed E-state index contributed by atoms with van der Waals surface area (Å²) in [5, 5.41) is 0. The van der Waals surface area contributed by atoms with Crippen LogP contribution in [0.25, 0.3) is 0 Å². The number of rotatable bonds is 4. The fraction of sp³-hybridized carbons (Fsp3) is 0.462. The predicted octanol–water partition coefficient (Wildman–Crippen LogP) is 3.31. The molecule has 0 radical (unpaired) electrons. The van der Waals surface area contributed by atoms with Gasteiger partial charge in [-0.3, -0.25) is 0 Å². The van der Waals surface area contributed by atoms with Crippen LogP contribution in [0.4, 0.5) is 0 Å². The molecular weight excluding hydrogens is 282 g/mol. The largest absolute Gasteiger partial charge is 0.380 e. The molecule has 1 saturated carbocycles. The number of carbonyl (C=O) groups excluding carboxylic acids is 1. The first-order valence-electron chi connectivity index (χ1n) is 5.59. The van der Waals surface area contributed by atoms with Crippen LogP contribution in [0.1, 0.15) is 30.4 Å². The molecule has 0 bridgehead atoms. The summed E-state index contributed by atoms with van der Waals surface area (Å²) in [6, 6.07) is 6.08. The van der Waals surface area contributed by atoms with Crippen molar-refractivity contribution in [1.82, 2.24) is 0 Å². The van der Waals surface area contributed by atoms with Crippen LogP contribution in [-0.2, 0) is 21.7 Å². The fourth-order valence-electron chi connectivity index (χ4n) is 2.17. The van der Waals surface area contributed by atoms with E-state index >= 15 is 0 Å². The molecule has 1 aromatic rings. The van der Waals surface area contributed by atoms with E-state index in [-0.39, 0.29) is 5.54 Å². The van der Waals surface area contributed by atoms with Gasteiger partial charge in [-0.05, 0) is 36.5 Å². The van der Waals surface area contributed by atoms with Crippen LogP contribution in [0, 0.1) is 0 Å². The van der Waals surface area contributed by atoms with Crippen LogP contribution < -0.4 is 0 Å². The summed E-state index contributed by atoms with van der Waals surface area (Å²) in [5.41, 5.74) is 1.86. The minimum atomic E-state index is -0.324. The zero-order chi connectivity index (χ0) is 12.3. The van der Waals surface area contributed by atoms with Gasteiger partial charge in [-0.15, -0.1) is 0 Å². The summed E-state index contributed by atoms with van der Waals surface area (Å²) in [6.45, 7) is 0.574. The highest BCUT2D eigenvalue weighted by molar-refractivity contribution is 9.10. The summed E-state index contributed by atoms with van der Waals surface area (Å²) in [7, 11) is 1.67. The minimum Gasteiger partial charge on any atom is -0.380 e. The Hall–Kier alpha value is -0.960. The highest BCUT2D eigenvalue weighted by Crippen LogP contribution is 2.45. The van der Waals surface area contributed by atoms with Gasteiger partial charge in [-0.1, -0.05) is 28.1 Å². The maximum atomic E-state index is 10.5. The molecule has 1 fully saturated rings. The maximum Gasteiger partial charge on any atom is 0.235 e. The van der Waals surface area contributed by atoms with Crippen molar-refractivity contribution in [1.29, 1.82) is 0 Å². The molecule has 0 aromatic heterocycles. The standard InChI is InChI=1S/C13H14BrNO2/c1-17-8-10-3-4-11(7-12(10)14)13(15-9-16)5-2-6-13/h3-4,7H,2,5-6,8H2,1H3. The lowest BCUT2D eigenvalue weighted by Crippen LogP contribution is -2.31. The van der Waals surface area contributed by atoms with E-state index in [2.05, 4.69) is 20.9 Å². The zero-order valence-corrected chi connectivity index (χ0v) is 11.3. The summed E-state index contributed by atoms with van der Waals surface area (Å²) >= 11 is 3.52. The number of hydrogen-bond donors (Lipinski definition) is 0. The number of ether oxygens (including phenoxy) is 1. The lowest BCUT2D eigenvalue weighted by atomic mass is 9.72. The zero-order valence-electron chi connectivity index (χ0n) is 9.70. The predicted molar refractivity (Wildman–Crippen MR) is 68.5 cm³/mol. The molecule has 1 aromatic carbocycles. The second kappa shape index (κ2) is 5.13. The average molecular weight is 296 g/mol. The Labute approximate surface area is 109 Å². The van der Waals surface area contributed by atoms with E-state index in [1.54, 1.807) is 13.2 Å². The van der Waals surface area contributed by atoms with Gasteiger partial charge in [0.15, 0.2) is 0 Å². The molecular formula is C13H14BrNO2. The number of aliphatic imine (C=N–C) groups is 1. The first-order valence-corrected chi connectivity index (χ1v) is 6.38. The van der Waals surface area contributed by atoms with E-state index in [9.17, 15) is 4.79 Å². The molecule has 0 aliphatic heterocycles. The van der Waals surface area contributed by atoms with Crippen LogP contribution in [0.2, 0.25) is 0 Å². The number of hydrogen-bond acceptors (Lipinski definition) is 3. The Morgan fingerprint density at radius 3 is 2.76 bits per heavy atom. The third kappa shape index (κ3) is 2.34. The number of isocyanates is 1. The third-order valence-corrected chi connectivity index (χ3v) is 4.07. The quantitative estimate of drug-likeness (QED) is 0.631. The summed E-state index contributed by atoms with van der Waals surface area (Å²) in [4.78, 5) is 14.5. The Bertz CT molecular complexity index is 462. The Morgan fingerprint density at radius 1 is 1.53 bits per heavy atom. The van der Waals surface area contributed by atoms with E-state index < -0.39 is 0 Å². The normalized spacial score (nSPS) is 17.1. The molecule has 0 unspecified atom stereocenters. The van der Waals surface area contributed by atoms with E-state index in [0.29, 0.717) is 6.61 Å². The van der Waals surface area contributed by atoms with Gasteiger partial charge in [0.2, 0.25) is 6.08 Å². The molecule has 2 rings (SSSR count). The molecule has 0 amide bonds. The SMILES string of the molecule is COCc1ccc(C2(N=C=O)CCC2)cc1Br. The topological polar surface area (TPSA) is 38.7 Å². The van der Waals surface area contributed by atoms with E-state index in [0.717, 1.165) is 34.9 Å². The van der Waals surface area contributed by atoms with Crippen molar-refractivity contribution in [2.45, 2.75) is 31.4 Å². The lowest BCUT2D eigenvalue weighted by molar-refractivity contribution is 0.184. The van der Waals surface area contributed by atoms with Gasteiger partial charge in [-0.25, -0.2) is 4.79 Å². The third-order valence-electron chi connectivity index (χ3n) is 3.33. The summed E-state index contributed by atoms with van der Waals surface area (Å²) < 4.78 is 6.11. The van der Waals surface area contributed by atoms with Crippen molar-refractivity contribution in [2.75, 3.05) is 7.11 Å². The van der Waals surface area contributed by atoms with E-state index in [1.807, 2.05) is 18.2 Å². The van der Waals surface area contributed by atoms with Crippen molar-refractivity contribution in [3.63, 3.8) is 0 Å². The first kappa shape index (κ1) is 12.5. The van der Waals surface area contributed by atoms with Gasteiger partial charge in [0.25, 0.3) is 0 Å². The van der Waals surface area contributed by atoms with Gasteiger partial charge in [0, 0.05) is 11.6 Å². The molecule has 3 nitrogen and oxygen atoms in total. The fourth-order valence-corrected chi connectivity index (χ4v) is 2.67. The molecule has 90 valence electrons. The molecule has 0 N–H and O–H groups in total. The van der Waals surface area contributed by atoms with Crippen LogP contribution in [0.15, 0.2) is 27.7 Å². The monoisotopic (exact) mass is 295 g/mol. The number of methoxy groups -OCH3 is 1. The van der Waals surface area contributed by atoms with Crippen LogP contribution in [0.5, 0.6) is 0 Å². The molecule has 17 heavy (non-hydrogen) atoms. The Balaban J connectivity index is 2.33. The van der Waals surface area contributed by atoms with Crippen molar-refractivity contribution >= 4 is 22.0 Å². The number of benzene rings is 1. The van der Waals surface area contributed by atoms with Crippen LogP contribution in [0.3, 0.4) is 0 Å². The molecule has 4 heteroatoms. The number of halogens is 1. The Morgan fingerprint density at radius 2 is 2.29 bits per heavy atom. The van der Waals surface area contributed by atoms with Crippen molar-refractivity contribution in [2.24, 2.45) is 4.99 Å². The average Bonchev–Trinajstić information content (AvgIpc) is 2.27. The van der Waals surface area contributed by atoms with Crippen molar-refractivity contribution < 1.29 is 9.53 Å². The van der Waals surface area contributed by atoms with Crippen LogP contribution in [-0.4, -0.2) is 13.2 Å². The van der Waals surface area contributed by atoms with Gasteiger partial charge in [0.1, 0.15) is 0 Å². The molecule has 1 aliphatic carbocycles. The van der Waals surface area contributed by atoms with E-state index in [1.165, 1.54) is 0 Å². The molecule has 1 aliphatic rings. The first-order chi connectivity index (χ1) is 8.22. The number of nitrogens with zero attached hydrogens (tertiary/aromatic N) is 1. The summed E-state index contributed by atoms with van der Waals surface area (Å²) in [6.07, 6.45) is 4.67. The smallest absolute Gasteiger partial charge is 0.235 e. The minimum absolute atomic E-state index is 0.324. The summed E-state index contributed by atoms with van der Waals surface area (Å²) in [5.74, 6) is 0. The lowest BCUT2D eigenvalue weighted by Gasteiger charge is -2.37. The highest BCUT2D eigenvalue weighted by Gasteiger charge is 2.38. The van der Waals surface area contributed by atoms with Crippen LogP contribution >= 0.6 is 15.9 Å². The van der Waals surface area contributed by atoms with Gasteiger partial charge in [-0.2, -0.15) is 4.99 Å². The second-order valence-corrected chi connectivity index (χ2v) is 5.18. The van der Waals surface area contributed by atoms with Crippen molar-refractivity contribution in [3.05, 3.63) is 33.8 Å².